The Labute approximate surface area is 123 Å². The van der Waals surface area contributed by atoms with E-state index in [1.807, 2.05) is 0 Å². The highest BCUT2D eigenvalue weighted by Gasteiger charge is 2.38. The van der Waals surface area contributed by atoms with Gasteiger partial charge in [0.2, 0.25) is 0 Å². The molecule has 0 saturated carbocycles. The lowest BCUT2D eigenvalue weighted by Gasteiger charge is -2.28. The molecule has 0 aliphatic rings. The lowest BCUT2D eigenvalue weighted by Crippen LogP contribution is -2.36. The molecule has 0 unspecified atom stereocenters. The first-order valence-corrected chi connectivity index (χ1v) is 6.69. The zero-order chi connectivity index (χ0) is 16.3. The number of alkyl halides is 7. The number of halogens is 7. The van der Waals surface area contributed by atoms with E-state index in [2.05, 4.69) is 0 Å². The number of hydrogen-bond acceptors (Lipinski definition) is 1. The van der Waals surface area contributed by atoms with Crippen molar-refractivity contribution in [1.29, 1.82) is 0 Å². The maximum atomic E-state index is 13.0. The summed E-state index contributed by atoms with van der Waals surface area (Å²) in [5, 5.41) is 0. The van der Waals surface area contributed by atoms with Crippen molar-refractivity contribution < 1.29 is 26.3 Å². The highest BCUT2D eigenvalue weighted by atomic mass is 35.5. The largest absolute Gasteiger partial charge is 0.418 e. The van der Waals surface area contributed by atoms with Gasteiger partial charge in [-0.1, -0.05) is 13.0 Å². The van der Waals surface area contributed by atoms with Gasteiger partial charge in [-0.2, -0.15) is 26.3 Å². The van der Waals surface area contributed by atoms with Crippen LogP contribution in [-0.4, -0.2) is 19.3 Å². The Morgan fingerprint density at radius 2 is 1.71 bits per heavy atom. The predicted octanol–water partition coefficient (Wildman–Crippen LogP) is 5.22. The molecule has 8 heteroatoms. The number of hydrogen-bond donors (Lipinski definition) is 0. The van der Waals surface area contributed by atoms with Crippen molar-refractivity contribution >= 4 is 17.3 Å². The van der Waals surface area contributed by atoms with Crippen LogP contribution < -0.4 is 4.90 Å². The van der Waals surface area contributed by atoms with E-state index in [9.17, 15) is 26.3 Å². The third-order valence-corrected chi connectivity index (χ3v) is 3.03. The summed E-state index contributed by atoms with van der Waals surface area (Å²) in [6.45, 7) is 0.0523. The third-order valence-electron chi connectivity index (χ3n) is 2.73. The molecule has 1 aromatic rings. The fourth-order valence-electron chi connectivity index (χ4n) is 1.94. The molecule has 0 N–H and O–H groups in total. The van der Waals surface area contributed by atoms with Crippen LogP contribution in [0.4, 0.5) is 32.0 Å². The topological polar surface area (TPSA) is 3.24 Å². The molecule has 0 amide bonds. The molecule has 0 radical (unpaired) electrons. The fraction of sp³-hybridized carbons (Fsp3) is 0.538. The van der Waals surface area contributed by atoms with E-state index in [1.165, 1.54) is 6.07 Å². The van der Waals surface area contributed by atoms with Crippen LogP contribution in [0.25, 0.3) is 0 Å². The van der Waals surface area contributed by atoms with Gasteiger partial charge < -0.3 is 4.90 Å². The number of anilines is 1. The van der Waals surface area contributed by atoms with E-state index < -0.39 is 30.1 Å². The van der Waals surface area contributed by atoms with Crippen LogP contribution in [0.1, 0.15) is 24.5 Å². The molecule has 1 nitrogen and oxygen atoms in total. The van der Waals surface area contributed by atoms with Gasteiger partial charge in [0, 0.05) is 18.1 Å². The number of benzene rings is 1. The third kappa shape index (κ3) is 5.30. The molecule has 0 bridgehead atoms. The monoisotopic (exact) mass is 333 g/mol. The van der Waals surface area contributed by atoms with Crippen LogP contribution in [0.15, 0.2) is 18.2 Å². The smallest absolute Gasteiger partial charge is 0.362 e. The second-order valence-corrected chi connectivity index (χ2v) is 4.79. The lowest BCUT2D eigenvalue weighted by molar-refractivity contribution is -0.138. The molecule has 0 aliphatic heterocycles. The van der Waals surface area contributed by atoms with Crippen molar-refractivity contribution in [2.24, 2.45) is 0 Å². The first kappa shape index (κ1) is 17.9. The Balaban J connectivity index is 3.29. The maximum Gasteiger partial charge on any atom is 0.418 e. The van der Waals surface area contributed by atoms with Crippen molar-refractivity contribution in [2.75, 3.05) is 18.0 Å². The molecule has 0 spiro atoms. The second kappa shape index (κ2) is 6.77. The molecule has 120 valence electrons. The van der Waals surface area contributed by atoms with Crippen molar-refractivity contribution in [3.63, 3.8) is 0 Å². The summed E-state index contributed by atoms with van der Waals surface area (Å²) in [6, 6.07) is 3.14. The van der Waals surface area contributed by atoms with Gasteiger partial charge >= 0.3 is 12.4 Å². The van der Waals surface area contributed by atoms with E-state index in [4.69, 9.17) is 11.6 Å². The molecule has 21 heavy (non-hydrogen) atoms. The summed E-state index contributed by atoms with van der Waals surface area (Å²) in [5.41, 5.74) is -1.37. The van der Waals surface area contributed by atoms with Crippen LogP contribution in [0, 0.1) is 0 Å². The van der Waals surface area contributed by atoms with Crippen LogP contribution in [0.5, 0.6) is 0 Å². The predicted molar refractivity (Wildman–Crippen MR) is 69.6 cm³/mol. The molecule has 0 aromatic heterocycles. The zero-order valence-corrected chi connectivity index (χ0v) is 11.9. The van der Waals surface area contributed by atoms with E-state index in [0.717, 1.165) is 12.1 Å². The molecule has 0 saturated heterocycles. The van der Waals surface area contributed by atoms with Crippen molar-refractivity contribution in [3.05, 3.63) is 29.3 Å². The van der Waals surface area contributed by atoms with Gasteiger partial charge in [0.05, 0.1) is 5.56 Å². The second-order valence-electron chi connectivity index (χ2n) is 4.52. The molecular formula is C13H14ClF6N. The summed E-state index contributed by atoms with van der Waals surface area (Å²) in [4.78, 5) is 0.695. The van der Waals surface area contributed by atoms with Gasteiger partial charge in [-0.3, -0.25) is 0 Å². The van der Waals surface area contributed by atoms with E-state index in [1.54, 1.807) is 6.92 Å². The molecule has 0 heterocycles. The van der Waals surface area contributed by atoms with Gasteiger partial charge in [0.1, 0.15) is 6.54 Å². The van der Waals surface area contributed by atoms with E-state index in [0.29, 0.717) is 11.3 Å². The van der Waals surface area contributed by atoms with E-state index >= 15 is 0 Å². The van der Waals surface area contributed by atoms with Crippen LogP contribution >= 0.6 is 11.6 Å². The highest BCUT2D eigenvalue weighted by Crippen LogP contribution is 2.38. The minimum atomic E-state index is -4.74. The normalized spacial score (nSPS) is 12.6. The van der Waals surface area contributed by atoms with Crippen LogP contribution in [0.2, 0.25) is 0 Å². The van der Waals surface area contributed by atoms with Crippen molar-refractivity contribution in [1.82, 2.24) is 0 Å². The summed E-state index contributed by atoms with van der Waals surface area (Å²) >= 11 is 5.49. The quantitative estimate of drug-likeness (QED) is 0.527. The SMILES string of the molecule is CCCN(CC(F)(F)F)c1ccc(CCl)cc1C(F)(F)F. The summed E-state index contributed by atoms with van der Waals surface area (Å²) in [6.07, 6.45) is -9.02. The van der Waals surface area contributed by atoms with E-state index in [-0.39, 0.29) is 18.0 Å². The minimum absolute atomic E-state index is 0.122. The lowest BCUT2D eigenvalue weighted by atomic mass is 10.1. The van der Waals surface area contributed by atoms with Crippen molar-refractivity contribution in [3.8, 4) is 0 Å². The Hall–Kier alpha value is -1.11. The Bertz CT molecular complexity index is 469. The average molecular weight is 334 g/mol. The first-order chi connectivity index (χ1) is 9.58. The van der Waals surface area contributed by atoms with Crippen LogP contribution in [-0.2, 0) is 12.1 Å². The summed E-state index contributed by atoms with van der Waals surface area (Å²) < 4.78 is 76.8. The van der Waals surface area contributed by atoms with Gasteiger partial charge in [-0.05, 0) is 24.1 Å². The Morgan fingerprint density at radius 3 is 2.14 bits per heavy atom. The van der Waals surface area contributed by atoms with Gasteiger partial charge in [-0.15, -0.1) is 11.6 Å². The molecule has 0 fully saturated rings. The number of nitrogens with zero attached hydrogens (tertiary/aromatic N) is 1. The first-order valence-electron chi connectivity index (χ1n) is 6.16. The minimum Gasteiger partial charge on any atom is -0.362 e. The molecular weight excluding hydrogens is 320 g/mol. The number of rotatable bonds is 5. The molecule has 1 aromatic carbocycles. The molecule has 1 rings (SSSR count). The van der Waals surface area contributed by atoms with Crippen LogP contribution in [0.3, 0.4) is 0 Å². The standard InChI is InChI=1S/C13H14ClF6N/c1-2-5-21(8-12(15,16)17)11-4-3-9(7-14)6-10(11)13(18,19)20/h3-4,6H,2,5,7-8H2,1H3. The van der Waals surface area contributed by atoms with Gasteiger partial charge in [-0.25, -0.2) is 0 Å². The van der Waals surface area contributed by atoms with Gasteiger partial charge in [0.15, 0.2) is 0 Å². The zero-order valence-electron chi connectivity index (χ0n) is 11.2. The highest BCUT2D eigenvalue weighted by molar-refractivity contribution is 6.17. The molecule has 0 atom stereocenters. The Kier molecular flexibility index (Phi) is 5.78. The fourth-order valence-corrected chi connectivity index (χ4v) is 2.11. The maximum absolute atomic E-state index is 13.0. The summed E-state index contributed by atoms with van der Waals surface area (Å²) in [7, 11) is 0. The van der Waals surface area contributed by atoms with Crippen molar-refractivity contribution in [2.45, 2.75) is 31.6 Å². The van der Waals surface area contributed by atoms with Gasteiger partial charge in [0.25, 0.3) is 0 Å². The Morgan fingerprint density at radius 1 is 1.10 bits per heavy atom. The molecule has 0 aliphatic carbocycles. The summed E-state index contributed by atoms with van der Waals surface area (Å²) in [5.74, 6) is -0.142. The average Bonchev–Trinajstić information content (AvgIpc) is 2.35.